The summed E-state index contributed by atoms with van der Waals surface area (Å²) in [7, 11) is 1.34. The summed E-state index contributed by atoms with van der Waals surface area (Å²) < 4.78 is 4.62. The Morgan fingerprint density at radius 2 is 1.84 bits per heavy atom. The van der Waals surface area contributed by atoms with E-state index in [2.05, 4.69) is 4.74 Å². The number of esters is 1. The largest absolute Gasteiger partial charge is 0.480 e. The van der Waals surface area contributed by atoms with Crippen molar-refractivity contribution >= 4 is 11.9 Å². The van der Waals surface area contributed by atoms with Crippen molar-refractivity contribution in [3.63, 3.8) is 0 Å². The Hall–Kier alpha value is -1.88. The predicted octanol–water partition coefficient (Wildman–Crippen LogP) is 1.77. The first-order valence-corrected chi connectivity index (χ1v) is 6.07. The van der Waals surface area contributed by atoms with E-state index in [1.165, 1.54) is 7.11 Å². The van der Waals surface area contributed by atoms with Gasteiger partial charge in [-0.1, -0.05) is 12.1 Å². The molecule has 0 radical (unpaired) electrons. The average molecular weight is 265 g/mol. The standard InChI is InChI=1S/C14H19NO4/c1-10(2)15(9-13(16)17)8-11-4-6-12(7-5-11)14(18)19-3/h4-7,10H,8-9H2,1-3H3,(H,16,17). The Bertz CT molecular complexity index is 439. The van der Waals surface area contributed by atoms with E-state index in [4.69, 9.17) is 5.11 Å². The molecule has 0 unspecified atom stereocenters. The molecule has 0 spiro atoms. The lowest BCUT2D eigenvalue weighted by molar-refractivity contribution is -0.138. The van der Waals surface area contributed by atoms with Crippen LogP contribution in [0.5, 0.6) is 0 Å². The lowest BCUT2D eigenvalue weighted by atomic mass is 10.1. The molecule has 0 fully saturated rings. The zero-order valence-electron chi connectivity index (χ0n) is 11.4. The van der Waals surface area contributed by atoms with Gasteiger partial charge in [0.25, 0.3) is 0 Å². The van der Waals surface area contributed by atoms with Crippen molar-refractivity contribution in [2.75, 3.05) is 13.7 Å². The third kappa shape index (κ3) is 4.71. The fourth-order valence-electron chi connectivity index (χ4n) is 1.69. The summed E-state index contributed by atoms with van der Waals surface area (Å²) in [6, 6.07) is 7.12. The van der Waals surface area contributed by atoms with Crippen molar-refractivity contribution in [2.45, 2.75) is 26.4 Å². The number of aliphatic carboxylic acids is 1. The molecule has 0 saturated carbocycles. The van der Waals surface area contributed by atoms with Gasteiger partial charge in [0.05, 0.1) is 19.2 Å². The Morgan fingerprint density at radius 1 is 1.26 bits per heavy atom. The first kappa shape index (κ1) is 15.2. The minimum absolute atomic E-state index is 0.00355. The highest BCUT2D eigenvalue weighted by molar-refractivity contribution is 5.89. The van der Waals surface area contributed by atoms with Gasteiger partial charge in [0.1, 0.15) is 0 Å². The van der Waals surface area contributed by atoms with Gasteiger partial charge in [-0.25, -0.2) is 4.79 Å². The highest BCUT2D eigenvalue weighted by atomic mass is 16.5. The Balaban J connectivity index is 2.74. The smallest absolute Gasteiger partial charge is 0.337 e. The molecule has 104 valence electrons. The normalized spacial score (nSPS) is 10.8. The number of hydrogen-bond acceptors (Lipinski definition) is 4. The van der Waals surface area contributed by atoms with E-state index in [0.717, 1.165) is 5.56 Å². The highest BCUT2D eigenvalue weighted by Gasteiger charge is 2.14. The number of carboxylic acids is 1. The number of ether oxygens (including phenoxy) is 1. The lowest BCUT2D eigenvalue weighted by Crippen LogP contribution is -2.35. The molecule has 1 aromatic rings. The van der Waals surface area contributed by atoms with Gasteiger partial charge in [-0.3, -0.25) is 9.69 Å². The van der Waals surface area contributed by atoms with Crippen LogP contribution in [0.15, 0.2) is 24.3 Å². The van der Waals surface area contributed by atoms with Gasteiger partial charge in [-0.15, -0.1) is 0 Å². The number of methoxy groups -OCH3 is 1. The molecule has 19 heavy (non-hydrogen) atoms. The van der Waals surface area contributed by atoms with Gasteiger partial charge in [-0.2, -0.15) is 0 Å². The van der Waals surface area contributed by atoms with Crippen LogP contribution in [-0.4, -0.2) is 41.6 Å². The molecule has 5 nitrogen and oxygen atoms in total. The van der Waals surface area contributed by atoms with E-state index in [1.54, 1.807) is 12.1 Å². The van der Waals surface area contributed by atoms with Crippen molar-refractivity contribution in [3.8, 4) is 0 Å². The number of carbonyl (C=O) groups excluding carboxylic acids is 1. The number of carboxylic acid groups (broad SMARTS) is 1. The summed E-state index contributed by atoms with van der Waals surface area (Å²) in [5.41, 5.74) is 1.45. The van der Waals surface area contributed by atoms with Crippen molar-refractivity contribution in [3.05, 3.63) is 35.4 Å². The maximum absolute atomic E-state index is 11.3. The molecular weight excluding hydrogens is 246 g/mol. The van der Waals surface area contributed by atoms with Crippen LogP contribution >= 0.6 is 0 Å². The number of hydrogen-bond donors (Lipinski definition) is 1. The first-order valence-electron chi connectivity index (χ1n) is 6.07. The van der Waals surface area contributed by atoms with Gasteiger partial charge in [-0.05, 0) is 31.5 Å². The van der Waals surface area contributed by atoms with E-state index in [-0.39, 0.29) is 18.6 Å². The van der Waals surface area contributed by atoms with Crippen LogP contribution in [-0.2, 0) is 16.1 Å². The van der Waals surface area contributed by atoms with Crippen molar-refractivity contribution in [1.82, 2.24) is 4.90 Å². The van der Waals surface area contributed by atoms with Crippen LogP contribution in [0.4, 0.5) is 0 Å². The second-order valence-corrected chi connectivity index (χ2v) is 4.58. The molecule has 1 aromatic carbocycles. The summed E-state index contributed by atoms with van der Waals surface area (Å²) in [5.74, 6) is -1.22. The third-order valence-electron chi connectivity index (χ3n) is 2.83. The van der Waals surface area contributed by atoms with Crippen LogP contribution in [0.2, 0.25) is 0 Å². The van der Waals surface area contributed by atoms with Crippen LogP contribution < -0.4 is 0 Å². The Morgan fingerprint density at radius 3 is 2.26 bits per heavy atom. The molecule has 0 aliphatic heterocycles. The molecule has 0 atom stereocenters. The number of benzene rings is 1. The summed E-state index contributed by atoms with van der Waals surface area (Å²) in [5, 5.41) is 8.86. The minimum atomic E-state index is -0.847. The molecular formula is C14H19NO4. The van der Waals surface area contributed by atoms with Gasteiger partial charge < -0.3 is 9.84 Å². The maximum Gasteiger partial charge on any atom is 0.337 e. The number of rotatable bonds is 6. The van der Waals surface area contributed by atoms with E-state index in [0.29, 0.717) is 12.1 Å². The molecule has 0 aromatic heterocycles. The zero-order chi connectivity index (χ0) is 14.4. The summed E-state index contributed by atoms with van der Waals surface area (Å²) >= 11 is 0. The molecule has 5 heteroatoms. The van der Waals surface area contributed by atoms with Gasteiger partial charge >= 0.3 is 11.9 Å². The Kier molecular flexibility index (Phi) is 5.51. The van der Waals surface area contributed by atoms with Crippen molar-refractivity contribution in [1.29, 1.82) is 0 Å². The summed E-state index contributed by atoms with van der Waals surface area (Å²) in [6.07, 6.45) is 0. The SMILES string of the molecule is COC(=O)c1ccc(CN(CC(=O)O)C(C)C)cc1. The van der Waals surface area contributed by atoms with E-state index >= 15 is 0 Å². The molecule has 1 rings (SSSR count). The van der Waals surface area contributed by atoms with Gasteiger partial charge in [0.2, 0.25) is 0 Å². The molecule has 0 saturated heterocycles. The minimum Gasteiger partial charge on any atom is -0.480 e. The van der Waals surface area contributed by atoms with E-state index in [1.807, 2.05) is 30.9 Å². The molecule has 0 amide bonds. The van der Waals surface area contributed by atoms with Crippen LogP contribution in [0, 0.1) is 0 Å². The molecule has 0 bridgehead atoms. The summed E-state index contributed by atoms with van der Waals surface area (Å²) in [4.78, 5) is 23.9. The van der Waals surface area contributed by atoms with Crippen LogP contribution in [0.25, 0.3) is 0 Å². The van der Waals surface area contributed by atoms with Crippen molar-refractivity contribution < 1.29 is 19.4 Å². The Labute approximate surface area is 112 Å². The predicted molar refractivity (Wildman–Crippen MR) is 71.0 cm³/mol. The van der Waals surface area contributed by atoms with Crippen molar-refractivity contribution in [2.24, 2.45) is 0 Å². The van der Waals surface area contributed by atoms with E-state index < -0.39 is 5.97 Å². The van der Waals surface area contributed by atoms with Gasteiger partial charge in [0.15, 0.2) is 0 Å². The quantitative estimate of drug-likeness (QED) is 0.794. The van der Waals surface area contributed by atoms with Gasteiger partial charge in [0, 0.05) is 12.6 Å². The number of carbonyl (C=O) groups is 2. The second kappa shape index (κ2) is 6.89. The summed E-state index contributed by atoms with van der Waals surface area (Å²) in [6.45, 7) is 4.43. The average Bonchev–Trinajstić information content (AvgIpc) is 2.37. The maximum atomic E-state index is 11.3. The topological polar surface area (TPSA) is 66.8 Å². The fraction of sp³-hybridized carbons (Fsp3) is 0.429. The molecule has 1 N–H and O–H groups in total. The molecule has 0 heterocycles. The lowest BCUT2D eigenvalue weighted by Gasteiger charge is -2.24. The zero-order valence-corrected chi connectivity index (χ0v) is 11.4. The number of nitrogens with zero attached hydrogens (tertiary/aromatic N) is 1. The molecule has 0 aliphatic rings. The fourth-order valence-corrected chi connectivity index (χ4v) is 1.69. The third-order valence-corrected chi connectivity index (χ3v) is 2.83. The van der Waals surface area contributed by atoms with Crippen LogP contribution in [0.3, 0.4) is 0 Å². The molecule has 0 aliphatic carbocycles. The van der Waals surface area contributed by atoms with E-state index in [9.17, 15) is 9.59 Å². The highest BCUT2D eigenvalue weighted by Crippen LogP contribution is 2.10. The monoisotopic (exact) mass is 265 g/mol. The first-order chi connectivity index (χ1) is 8.93. The second-order valence-electron chi connectivity index (χ2n) is 4.58. The van der Waals surface area contributed by atoms with Crippen LogP contribution in [0.1, 0.15) is 29.8 Å².